The maximum atomic E-state index is 8.46. The van der Waals surface area contributed by atoms with Crippen LogP contribution in [0.4, 0.5) is 0 Å². The van der Waals surface area contributed by atoms with Crippen molar-refractivity contribution >= 4 is 23.0 Å². The van der Waals surface area contributed by atoms with Crippen molar-refractivity contribution in [1.29, 1.82) is 5.41 Å². The van der Waals surface area contributed by atoms with Crippen LogP contribution in [0.25, 0.3) is 5.70 Å². The highest BCUT2D eigenvalue weighted by molar-refractivity contribution is 6.30. The highest BCUT2D eigenvalue weighted by atomic mass is 35.5. The van der Waals surface area contributed by atoms with E-state index in [0.29, 0.717) is 29.3 Å². The first-order valence-corrected chi connectivity index (χ1v) is 10.6. The zero-order chi connectivity index (χ0) is 22.2. The van der Waals surface area contributed by atoms with E-state index in [4.69, 9.17) is 17.0 Å². The van der Waals surface area contributed by atoms with E-state index in [1.165, 1.54) is 11.1 Å². The molecule has 158 valence electrons. The third-order valence-electron chi connectivity index (χ3n) is 5.08. The summed E-state index contributed by atoms with van der Waals surface area (Å²) < 4.78 is 0. The summed E-state index contributed by atoms with van der Waals surface area (Å²) in [6.07, 6.45) is 10.4. The normalized spacial score (nSPS) is 13.0. The Bertz CT molecular complexity index is 1040. The van der Waals surface area contributed by atoms with E-state index in [0.717, 1.165) is 23.4 Å². The standard InChI is InChI=1S/C27H28ClN3/c1-20(17-22-9-5-4-6-10-22)30-27(24-13-15-25(28)16-14-24)19-31(3)21(2)26(29)18-23-11-7-8-12-23/h4-11,13-16,19,29-30H,1-2,12,17-18H2,3H3/b27-19-,29-26?. The molecule has 0 radical (unpaired) electrons. The molecule has 1 aliphatic carbocycles. The SMILES string of the molecule is C=C(Cc1ccccc1)N/C(=C\N(C)C(=C)C(=N)CC1=CC=CC1)c1ccc(Cl)cc1. The third kappa shape index (κ3) is 6.59. The molecule has 2 aromatic carbocycles. The second-order valence-electron chi connectivity index (χ2n) is 7.61. The van der Waals surface area contributed by atoms with Gasteiger partial charge < -0.3 is 15.6 Å². The first-order valence-electron chi connectivity index (χ1n) is 10.2. The highest BCUT2D eigenvalue weighted by Crippen LogP contribution is 2.21. The van der Waals surface area contributed by atoms with Gasteiger partial charge in [-0.05, 0) is 29.7 Å². The summed E-state index contributed by atoms with van der Waals surface area (Å²) in [5.41, 5.74) is 6.32. The van der Waals surface area contributed by atoms with Crippen molar-refractivity contribution in [1.82, 2.24) is 10.2 Å². The Morgan fingerprint density at radius 2 is 1.81 bits per heavy atom. The number of halogens is 1. The Morgan fingerprint density at radius 1 is 1.10 bits per heavy atom. The zero-order valence-corrected chi connectivity index (χ0v) is 18.6. The molecular formula is C27H28ClN3. The van der Waals surface area contributed by atoms with Gasteiger partial charge in [0.25, 0.3) is 0 Å². The monoisotopic (exact) mass is 429 g/mol. The quantitative estimate of drug-likeness (QED) is 0.411. The largest absolute Gasteiger partial charge is 0.357 e. The number of hydrogen-bond acceptors (Lipinski definition) is 3. The molecule has 3 nitrogen and oxygen atoms in total. The molecule has 0 bridgehead atoms. The van der Waals surface area contributed by atoms with Crippen LogP contribution in [-0.4, -0.2) is 17.7 Å². The predicted molar refractivity (Wildman–Crippen MR) is 133 cm³/mol. The van der Waals surface area contributed by atoms with Gasteiger partial charge in [0.15, 0.2) is 0 Å². The van der Waals surface area contributed by atoms with Crippen LogP contribution in [-0.2, 0) is 6.42 Å². The molecular weight excluding hydrogens is 402 g/mol. The number of benzene rings is 2. The van der Waals surface area contributed by atoms with E-state index in [-0.39, 0.29) is 0 Å². The fraction of sp³-hybridized carbons (Fsp3) is 0.148. The lowest BCUT2D eigenvalue weighted by molar-refractivity contribution is 0.597. The maximum absolute atomic E-state index is 8.46. The van der Waals surface area contributed by atoms with Crippen LogP contribution >= 0.6 is 11.6 Å². The summed E-state index contributed by atoms with van der Waals surface area (Å²) >= 11 is 6.09. The summed E-state index contributed by atoms with van der Waals surface area (Å²) in [7, 11) is 1.91. The molecule has 4 heteroatoms. The highest BCUT2D eigenvalue weighted by Gasteiger charge is 2.12. The van der Waals surface area contributed by atoms with Crippen LogP contribution in [0.5, 0.6) is 0 Å². The van der Waals surface area contributed by atoms with Crippen molar-refractivity contribution in [3.8, 4) is 0 Å². The van der Waals surface area contributed by atoms with E-state index >= 15 is 0 Å². The first-order chi connectivity index (χ1) is 14.9. The molecule has 0 saturated carbocycles. The first kappa shape index (κ1) is 22.4. The molecule has 31 heavy (non-hydrogen) atoms. The van der Waals surface area contributed by atoms with Gasteiger partial charge in [-0.25, -0.2) is 0 Å². The summed E-state index contributed by atoms with van der Waals surface area (Å²) in [6, 6.07) is 17.9. The minimum Gasteiger partial charge on any atom is -0.357 e. The fourth-order valence-electron chi connectivity index (χ4n) is 3.32. The van der Waals surface area contributed by atoms with Gasteiger partial charge in [-0.15, -0.1) is 0 Å². The molecule has 2 N–H and O–H groups in total. The number of rotatable bonds is 10. The number of nitrogens with zero attached hydrogens (tertiary/aromatic N) is 1. The Labute approximate surface area is 190 Å². The van der Waals surface area contributed by atoms with Gasteiger partial charge >= 0.3 is 0 Å². The molecule has 0 fully saturated rings. The van der Waals surface area contributed by atoms with E-state index in [1.54, 1.807) is 0 Å². The van der Waals surface area contributed by atoms with Crippen molar-refractivity contribution in [2.24, 2.45) is 0 Å². The van der Waals surface area contributed by atoms with Gasteiger partial charge in [0.05, 0.1) is 17.1 Å². The molecule has 0 amide bonds. The topological polar surface area (TPSA) is 39.1 Å². The Hall–Kier alpha value is -3.30. The Morgan fingerprint density at radius 3 is 2.45 bits per heavy atom. The lowest BCUT2D eigenvalue weighted by Gasteiger charge is -2.22. The van der Waals surface area contributed by atoms with Crippen LogP contribution in [0.3, 0.4) is 0 Å². The van der Waals surface area contributed by atoms with Gasteiger partial charge in [0.1, 0.15) is 0 Å². The Kier molecular flexibility index (Phi) is 7.69. The van der Waals surface area contributed by atoms with Gasteiger partial charge in [-0.2, -0.15) is 0 Å². The van der Waals surface area contributed by atoms with E-state index in [2.05, 4.69) is 42.8 Å². The molecule has 0 spiro atoms. The zero-order valence-electron chi connectivity index (χ0n) is 17.9. The van der Waals surface area contributed by atoms with Crippen LogP contribution < -0.4 is 5.32 Å². The lowest BCUT2D eigenvalue weighted by Crippen LogP contribution is -2.21. The molecule has 2 aromatic rings. The van der Waals surface area contributed by atoms with Crippen molar-refractivity contribution < 1.29 is 0 Å². The molecule has 1 aliphatic rings. The van der Waals surface area contributed by atoms with Crippen LogP contribution in [0.15, 0.2) is 109 Å². The molecule has 0 atom stereocenters. The number of hydrogen-bond donors (Lipinski definition) is 2. The van der Waals surface area contributed by atoms with Gasteiger partial charge in [-0.3, -0.25) is 0 Å². The second-order valence-corrected chi connectivity index (χ2v) is 8.05. The molecule has 0 saturated heterocycles. The van der Waals surface area contributed by atoms with Gasteiger partial charge in [0.2, 0.25) is 0 Å². The summed E-state index contributed by atoms with van der Waals surface area (Å²) in [4.78, 5) is 1.89. The van der Waals surface area contributed by atoms with Crippen molar-refractivity contribution in [2.75, 3.05) is 7.05 Å². The number of nitrogens with one attached hydrogen (secondary N) is 2. The van der Waals surface area contributed by atoms with Crippen LogP contribution in [0.2, 0.25) is 5.02 Å². The second kappa shape index (κ2) is 10.6. The minimum atomic E-state index is 0.507. The molecule has 0 aliphatic heterocycles. The fourth-order valence-corrected chi connectivity index (χ4v) is 3.45. The summed E-state index contributed by atoms with van der Waals surface area (Å²) in [6.45, 7) is 8.36. The summed E-state index contributed by atoms with van der Waals surface area (Å²) in [5.74, 6) is 0. The molecule has 0 heterocycles. The minimum absolute atomic E-state index is 0.507. The average Bonchev–Trinajstić information content (AvgIpc) is 3.27. The molecule has 0 aromatic heterocycles. The predicted octanol–water partition coefficient (Wildman–Crippen LogP) is 6.73. The van der Waals surface area contributed by atoms with Crippen LogP contribution in [0, 0.1) is 5.41 Å². The molecule has 3 rings (SSSR count). The smallest absolute Gasteiger partial charge is 0.0620 e. The van der Waals surface area contributed by atoms with Crippen molar-refractivity contribution in [3.05, 3.63) is 125 Å². The van der Waals surface area contributed by atoms with Gasteiger partial charge in [-0.1, -0.05) is 91.0 Å². The Balaban J connectivity index is 1.76. The average molecular weight is 430 g/mol. The van der Waals surface area contributed by atoms with Crippen LogP contribution in [0.1, 0.15) is 24.0 Å². The summed E-state index contributed by atoms with van der Waals surface area (Å²) in [5, 5.41) is 12.6. The van der Waals surface area contributed by atoms with E-state index in [9.17, 15) is 0 Å². The van der Waals surface area contributed by atoms with E-state index in [1.807, 2.05) is 66.7 Å². The van der Waals surface area contributed by atoms with Crippen molar-refractivity contribution in [3.63, 3.8) is 0 Å². The van der Waals surface area contributed by atoms with Crippen molar-refractivity contribution in [2.45, 2.75) is 19.3 Å². The number of allylic oxidation sites excluding steroid dienone is 6. The third-order valence-corrected chi connectivity index (χ3v) is 5.33. The van der Waals surface area contributed by atoms with E-state index < -0.39 is 0 Å². The lowest BCUT2D eigenvalue weighted by atomic mass is 10.1. The maximum Gasteiger partial charge on any atom is 0.0620 e. The molecule has 0 unspecified atom stereocenters. The van der Waals surface area contributed by atoms with Gasteiger partial charge in [0, 0.05) is 36.8 Å².